The second-order valence-electron chi connectivity index (χ2n) is 8.32. The highest BCUT2D eigenvalue weighted by Crippen LogP contribution is 2.24. The minimum atomic E-state index is -0.325. The van der Waals surface area contributed by atoms with Gasteiger partial charge in [-0.2, -0.15) is 11.8 Å². The van der Waals surface area contributed by atoms with Crippen LogP contribution in [0.4, 0.5) is 5.13 Å². The van der Waals surface area contributed by atoms with E-state index < -0.39 is 0 Å². The van der Waals surface area contributed by atoms with Gasteiger partial charge in [0.25, 0.3) is 0 Å². The molecule has 13 heteroatoms. The molecule has 0 radical (unpaired) electrons. The lowest BCUT2D eigenvalue weighted by atomic mass is 10.0. The van der Waals surface area contributed by atoms with Gasteiger partial charge in [0.15, 0.2) is 5.17 Å². The number of amides is 2. The lowest BCUT2D eigenvalue weighted by Gasteiger charge is -2.14. The first-order chi connectivity index (χ1) is 18.9. The monoisotopic (exact) mass is 588 g/mol. The van der Waals surface area contributed by atoms with Crippen LogP contribution < -0.4 is 15.4 Å². The first-order valence-corrected chi connectivity index (χ1v) is 15.0. The highest BCUT2D eigenvalue weighted by molar-refractivity contribution is 8.26. The maximum absolute atomic E-state index is 12.4. The van der Waals surface area contributed by atoms with Gasteiger partial charge in [-0.3, -0.25) is 20.4 Å². The molecule has 208 valence electrons. The van der Waals surface area contributed by atoms with Gasteiger partial charge in [-0.25, -0.2) is 0 Å². The Morgan fingerprint density at radius 1 is 1.08 bits per heavy atom. The van der Waals surface area contributed by atoms with Gasteiger partial charge in [-0.05, 0) is 41.3 Å². The third kappa shape index (κ3) is 10.5. The van der Waals surface area contributed by atoms with Crippen molar-refractivity contribution in [1.82, 2.24) is 15.5 Å². The van der Waals surface area contributed by atoms with Gasteiger partial charge in [0.05, 0.1) is 37.9 Å². The van der Waals surface area contributed by atoms with Crippen LogP contribution in [0.3, 0.4) is 0 Å². The number of carbonyl (C=O) groups is 2. The molecule has 1 aliphatic carbocycles. The fourth-order valence-electron chi connectivity index (χ4n) is 3.64. The molecule has 0 saturated carbocycles. The van der Waals surface area contributed by atoms with E-state index in [9.17, 15) is 9.59 Å². The van der Waals surface area contributed by atoms with Crippen LogP contribution in [0.15, 0.2) is 47.7 Å². The molecule has 0 bridgehead atoms. The lowest BCUT2D eigenvalue weighted by Crippen LogP contribution is -2.30. The Morgan fingerprint density at radius 3 is 2.69 bits per heavy atom. The molecule has 0 unspecified atom stereocenters. The van der Waals surface area contributed by atoms with Crippen LogP contribution in [0.5, 0.6) is 5.75 Å². The standard InChI is InChI=1S/C26H32N6O4S3/c1-35-19-9-5-3-7-17(19)15-22(33)29-25(28)38-21(27)11-13-37-14-12-24-31-32-26(39-24)30-23(34)16-18-8-4-6-10-20(18)36-2/h3-5,7-9,27H,6,10-16H2,1-2H3,(H2,28,29,33)(H,30,32,34). The number of nitrogens with one attached hydrogen (secondary N) is 4. The molecule has 0 saturated heterocycles. The first-order valence-electron chi connectivity index (χ1n) is 12.3. The number of allylic oxidation sites excluding steroid dienone is 3. The van der Waals surface area contributed by atoms with E-state index in [1.807, 2.05) is 24.3 Å². The summed E-state index contributed by atoms with van der Waals surface area (Å²) in [5, 5.41) is 31.2. The maximum Gasteiger partial charge on any atom is 0.230 e. The summed E-state index contributed by atoms with van der Waals surface area (Å²) in [6.45, 7) is 0. The van der Waals surface area contributed by atoms with Crippen molar-refractivity contribution in [2.45, 2.75) is 38.5 Å². The zero-order valence-corrected chi connectivity index (χ0v) is 24.3. The molecule has 1 aromatic heterocycles. The number of ether oxygens (including phenoxy) is 2. The Balaban J connectivity index is 1.29. The molecular weight excluding hydrogens is 557 g/mol. The lowest BCUT2D eigenvalue weighted by molar-refractivity contribution is -0.119. The Morgan fingerprint density at radius 2 is 1.90 bits per heavy atom. The average Bonchev–Trinajstić information content (AvgIpc) is 3.35. The summed E-state index contributed by atoms with van der Waals surface area (Å²) >= 11 is 3.97. The topological polar surface area (TPSA) is 150 Å². The zero-order chi connectivity index (χ0) is 28.0. The van der Waals surface area contributed by atoms with Crippen molar-refractivity contribution < 1.29 is 19.1 Å². The molecule has 1 heterocycles. The van der Waals surface area contributed by atoms with Gasteiger partial charge in [0.2, 0.25) is 16.9 Å². The van der Waals surface area contributed by atoms with Crippen molar-refractivity contribution in [2.24, 2.45) is 0 Å². The van der Waals surface area contributed by atoms with Crippen LogP contribution in [0.2, 0.25) is 0 Å². The molecular formula is C26H32N6O4S3. The van der Waals surface area contributed by atoms with Crippen molar-refractivity contribution in [3.8, 4) is 5.75 Å². The van der Waals surface area contributed by atoms with Gasteiger partial charge in [0, 0.05) is 24.8 Å². The highest BCUT2D eigenvalue weighted by atomic mass is 32.2. The van der Waals surface area contributed by atoms with Crippen molar-refractivity contribution >= 4 is 62.0 Å². The van der Waals surface area contributed by atoms with Gasteiger partial charge >= 0.3 is 0 Å². The van der Waals surface area contributed by atoms with Gasteiger partial charge < -0.3 is 20.1 Å². The number of anilines is 1. The normalized spacial score (nSPS) is 12.7. The summed E-state index contributed by atoms with van der Waals surface area (Å²) in [6, 6.07) is 7.24. The van der Waals surface area contributed by atoms with E-state index in [0.717, 1.165) is 52.3 Å². The second-order valence-corrected chi connectivity index (χ2v) is 11.7. The number of thioether (sulfide) groups is 2. The summed E-state index contributed by atoms with van der Waals surface area (Å²) in [4.78, 5) is 24.6. The van der Waals surface area contributed by atoms with Crippen LogP contribution in [0, 0.1) is 10.8 Å². The van der Waals surface area contributed by atoms with E-state index >= 15 is 0 Å². The zero-order valence-electron chi connectivity index (χ0n) is 21.9. The summed E-state index contributed by atoms with van der Waals surface area (Å²) in [6.07, 6.45) is 7.22. The van der Waals surface area contributed by atoms with Crippen molar-refractivity contribution in [3.63, 3.8) is 0 Å². The van der Waals surface area contributed by atoms with Crippen LogP contribution >= 0.6 is 34.9 Å². The molecule has 10 nitrogen and oxygen atoms in total. The van der Waals surface area contributed by atoms with Crippen molar-refractivity contribution in [3.05, 3.63) is 58.3 Å². The number of methoxy groups -OCH3 is 2. The molecule has 0 atom stereocenters. The molecule has 1 aliphatic rings. The van der Waals surface area contributed by atoms with Crippen LogP contribution in [0.1, 0.15) is 36.3 Å². The quantitative estimate of drug-likeness (QED) is 0.148. The maximum atomic E-state index is 12.4. The number of aryl methyl sites for hydroxylation is 1. The number of rotatable bonds is 13. The molecule has 39 heavy (non-hydrogen) atoms. The fraction of sp³-hybridized carbons (Fsp3) is 0.385. The first kappa shape index (κ1) is 30.4. The van der Waals surface area contributed by atoms with Crippen molar-refractivity contribution in [1.29, 1.82) is 10.8 Å². The minimum Gasteiger partial charge on any atom is -0.501 e. The van der Waals surface area contributed by atoms with E-state index in [2.05, 4.69) is 20.8 Å². The molecule has 2 aromatic rings. The van der Waals surface area contributed by atoms with Gasteiger partial charge in [-0.1, -0.05) is 41.7 Å². The Labute approximate surface area is 240 Å². The molecule has 0 fully saturated rings. The summed E-state index contributed by atoms with van der Waals surface area (Å²) in [5.74, 6) is 2.50. The Bertz CT molecular complexity index is 1240. The largest absolute Gasteiger partial charge is 0.501 e. The number of hydrogen-bond donors (Lipinski definition) is 4. The number of nitrogens with zero attached hydrogens (tertiary/aromatic N) is 2. The SMILES string of the molecule is COC1=C(CC(=O)Nc2nnc(CCSCCC(=N)SC(=N)NC(=O)Cc3ccccc3OC)s2)C=CCC1. The average molecular weight is 589 g/mol. The summed E-state index contributed by atoms with van der Waals surface area (Å²) < 4.78 is 10.6. The molecule has 1 aromatic carbocycles. The van der Waals surface area contributed by atoms with E-state index in [-0.39, 0.29) is 29.8 Å². The predicted octanol–water partition coefficient (Wildman–Crippen LogP) is 4.80. The van der Waals surface area contributed by atoms with Crippen LogP contribution in [0.25, 0.3) is 0 Å². The van der Waals surface area contributed by atoms with E-state index in [1.165, 1.54) is 11.3 Å². The van der Waals surface area contributed by atoms with E-state index in [1.54, 1.807) is 38.1 Å². The minimum absolute atomic E-state index is 0.0671. The number of aromatic nitrogens is 2. The second kappa shape index (κ2) is 16.1. The van der Waals surface area contributed by atoms with Gasteiger partial charge in [-0.15, -0.1) is 10.2 Å². The number of para-hydroxylation sites is 1. The number of hydrogen-bond acceptors (Lipinski definition) is 11. The third-order valence-corrected chi connectivity index (χ3v) is 8.12. The van der Waals surface area contributed by atoms with Crippen LogP contribution in [-0.4, -0.2) is 57.9 Å². The fourth-order valence-corrected chi connectivity index (χ4v) is 6.16. The third-order valence-electron chi connectivity index (χ3n) is 5.48. The molecule has 0 aliphatic heterocycles. The number of benzene rings is 1. The molecule has 3 rings (SSSR count). The van der Waals surface area contributed by atoms with Crippen molar-refractivity contribution in [2.75, 3.05) is 31.0 Å². The number of carbonyl (C=O) groups excluding carboxylic acids is 2. The Kier molecular flexibility index (Phi) is 12.5. The summed E-state index contributed by atoms with van der Waals surface area (Å²) in [7, 11) is 3.17. The van der Waals surface area contributed by atoms with E-state index in [0.29, 0.717) is 34.5 Å². The molecule has 2 amide bonds. The molecule has 0 spiro atoms. The summed E-state index contributed by atoms with van der Waals surface area (Å²) in [5.41, 5.74) is 1.62. The van der Waals surface area contributed by atoms with Crippen LogP contribution in [-0.2, 0) is 27.2 Å². The van der Waals surface area contributed by atoms with E-state index in [4.69, 9.17) is 20.3 Å². The smallest absolute Gasteiger partial charge is 0.230 e. The predicted molar refractivity (Wildman–Crippen MR) is 159 cm³/mol. The number of amidine groups is 1. The Hall–Kier alpha value is -3.16. The van der Waals surface area contributed by atoms with Gasteiger partial charge in [0.1, 0.15) is 10.8 Å². The highest BCUT2D eigenvalue weighted by Gasteiger charge is 2.15. The molecule has 4 N–H and O–H groups in total.